The second-order valence-electron chi connectivity index (χ2n) is 6.55. The molecule has 0 unspecified atom stereocenters. The van der Waals surface area contributed by atoms with Gasteiger partial charge in [-0.1, -0.05) is 23.5 Å². The predicted molar refractivity (Wildman–Crippen MR) is 110 cm³/mol. The number of imidazole rings is 1. The first-order chi connectivity index (χ1) is 14.7. The maximum atomic E-state index is 13.0. The van der Waals surface area contributed by atoms with Crippen LogP contribution in [0.4, 0.5) is 13.2 Å². The average Bonchev–Trinajstić information content (AvgIpc) is 3.28. The molecule has 0 aliphatic rings. The summed E-state index contributed by atoms with van der Waals surface area (Å²) in [5, 5.41) is 10.0. The van der Waals surface area contributed by atoms with E-state index in [0.717, 1.165) is 23.5 Å². The van der Waals surface area contributed by atoms with Gasteiger partial charge in [0.05, 0.1) is 30.0 Å². The van der Waals surface area contributed by atoms with E-state index in [1.165, 1.54) is 36.9 Å². The summed E-state index contributed by atoms with van der Waals surface area (Å²) in [6.45, 7) is 0. The molecule has 6 nitrogen and oxygen atoms in total. The van der Waals surface area contributed by atoms with E-state index in [0.29, 0.717) is 15.1 Å². The monoisotopic (exact) mass is 448 g/mol. The highest BCUT2D eigenvalue weighted by Crippen LogP contribution is 2.37. The van der Waals surface area contributed by atoms with E-state index >= 15 is 0 Å². The number of ether oxygens (including phenoxy) is 2. The fourth-order valence-corrected chi connectivity index (χ4v) is 4.03. The fourth-order valence-electron chi connectivity index (χ4n) is 3.08. The van der Waals surface area contributed by atoms with Gasteiger partial charge in [0.1, 0.15) is 0 Å². The Morgan fingerprint density at radius 1 is 1.13 bits per heavy atom. The molecule has 4 rings (SSSR count). The van der Waals surface area contributed by atoms with E-state index in [4.69, 9.17) is 9.47 Å². The number of hydrogen-bond donors (Lipinski definition) is 1. The summed E-state index contributed by atoms with van der Waals surface area (Å²) in [5.74, 6) is 0.216. The third kappa shape index (κ3) is 3.81. The number of hydrogen-bond acceptors (Lipinski definition) is 6. The quantitative estimate of drug-likeness (QED) is 0.515. The molecule has 0 fully saturated rings. The van der Waals surface area contributed by atoms with Crippen LogP contribution in [0, 0.1) is 0 Å². The Balaban J connectivity index is 1.78. The van der Waals surface area contributed by atoms with Crippen molar-refractivity contribution in [1.29, 1.82) is 0 Å². The number of aromatic hydroxyl groups is 1. The Kier molecular flexibility index (Phi) is 5.10. The van der Waals surface area contributed by atoms with Crippen molar-refractivity contribution >= 4 is 22.4 Å². The van der Waals surface area contributed by atoms with Crippen LogP contribution in [0.1, 0.15) is 11.1 Å². The molecule has 0 radical (unpaired) electrons. The minimum atomic E-state index is -4.47. The molecule has 0 amide bonds. The van der Waals surface area contributed by atoms with Crippen LogP contribution >= 0.6 is 11.3 Å². The predicted octanol–water partition coefficient (Wildman–Crippen LogP) is 3.71. The molecule has 0 bridgehead atoms. The lowest BCUT2D eigenvalue weighted by molar-refractivity contribution is -0.137. The van der Waals surface area contributed by atoms with Gasteiger partial charge in [0.25, 0.3) is 5.56 Å². The van der Waals surface area contributed by atoms with Gasteiger partial charge < -0.3 is 14.6 Å². The van der Waals surface area contributed by atoms with E-state index in [-0.39, 0.29) is 34.1 Å². The Morgan fingerprint density at radius 2 is 1.81 bits per heavy atom. The largest absolute Gasteiger partial charge is 0.502 e. The number of rotatable bonds is 4. The first-order valence-electron chi connectivity index (χ1n) is 8.87. The minimum absolute atomic E-state index is 0.156. The molecule has 4 aromatic rings. The van der Waals surface area contributed by atoms with Crippen molar-refractivity contribution in [3.8, 4) is 28.5 Å². The van der Waals surface area contributed by atoms with Crippen LogP contribution in [-0.2, 0) is 6.18 Å². The van der Waals surface area contributed by atoms with E-state index in [1.807, 2.05) is 0 Å². The van der Waals surface area contributed by atoms with Gasteiger partial charge in [-0.15, -0.1) is 0 Å². The fraction of sp³-hybridized carbons (Fsp3) is 0.143. The molecule has 0 saturated carbocycles. The molecule has 1 N–H and O–H groups in total. The molecule has 0 saturated heterocycles. The van der Waals surface area contributed by atoms with Gasteiger partial charge in [-0.25, -0.2) is 4.98 Å². The first kappa shape index (κ1) is 20.7. The molecule has 0 aliphatic carbocycles. The third-order valence-electron chi connectivity index (χ3n) is 4.59. The van der Waals surface area contributed by atoms with Crippen LogP contribution in [0.25, 0.3) is 22.3 Å². The SMILES string of the molecule is COc1cc(/C=c2\sc3nc(-c4cccc(C(F)(F)F)c4)cn3c2=O)cc(OC)c1O. The lowest BCUT2D eigenvalue weighted by Crippen LogP contribution is -2.22. The summed E-state index contributed by atoms with van der Waals surface area (Å²) in [6.07, 6.45) is -1.46. The van der Waals surface area contributed by atoms with Crippen molar-refractivity contribution in [2.75, 3.05) is 14.2 Å². The van der Waals surface area contributed by atoms with Gasteiger partial charge in [0.2, 0.25) is 5.75 Å². The number of phenols is 1. The van der Waals surface area contributed by atoms with E-state index in [1.54, 1.807) is 18.2 Å². The molecule has 0 aliphatic heterocycles. The number of phenolic OH excluding ortho intramolecular Hbond substituents is 1. The van der Waals surface area contributed by atoms with Crippen LogP contribution < -0.4 is 19.6 Å². The summed E-state index contributed by atoms with van der Waals surface area (Å²) < 4.78 is 50.8. The average molecular weight is 448 g/mol. The van der Waals surface area contributed by atoms with Gasteiger partial charge >= 0.3 is 6.18 Å². The molecule has 2 heterocycles. The second-order valence-corrected chi connectivity index (χ2v) is 7.56. The normalized spacial score (nSPS) is 12.5. The number of aromatic nitrogens is 2. The highest BCUT2D eigenvalue weighted by atomic mass is 32.1. The summed E-state index contributed by atoms with van der Waals surface area (Å²) in [4.78, 5) is 17.5. The number of halogens is 3. The van der Waals surface area contributed by atoms with E-state index < -0.39 is 11.7 Å². The first-order valence-corrected chi connectivity index (χ1v) is 9.69. The van der Waals surface area contributed by atoms with Crippen molar-refractivity contribution in [3.63, 3.8) is 0 Å². The lowest BCUT2D eigenvalue weighted by atomic mass is 10.1. The molecule has 10 heteroatoms. The number of benzene rings is 2. The Hall–Kier alpha value is -3.53. The molecule has 2 aromatic carbocycles. The highest BCUT2D eigenvalue weighted by Gasteiger charge is 2.30. The maximum Gasteiger partial charge on any atom is 0.416 e. The van der Waals surface area contributed by atoms with E-state index in [2.05, 4.69) is 4.98 Å². The van der Waals surface area contributed by atoms with Crippen LogP contribution in [-0.4, -0.2) is 28.7 Å². The lowest BCUT2D eigenvalue weighted by Gasteiger charge is -2.09. The Bertz CT molecular complexity index is 1370. The van der Waals surface area contributed by atoms with Gasteiger partial charge in [-0.3, -0.25) is 9.20 Å². The van der Waals surface area contributed by atoms with Gasteiger partial charge in [-0.2, -0.15) is 13.2 Å². The number of alkyl halides is 3. The summed E-state index contributed by atoms with van der Waals surface area (Å²) >= 11 is 1.09. The van der Waals surface area contributed by atoms with Crippen molar-refractivity contribution in [2.45, 2.75) is 6.18 Å². The topological polar surface area (TPSA) is 73.1 Å². The van der Waals surface area contributed by atoms with Crippen LogP contribution in [0.2, 0.25) is 0 Å². The maximum absolute atomic E-state index is 13.0. The van der Waals surface area contributed by atoms with Crippen molar-refractivity contribution in [2.24, 2.45) is 0 Å². The molecule has 0 spiro atoms. The number of fused-ring (bicyclic) bond motifs is 1. The molecule has 160 valence electrons. The molecule has 31 heavy (non-hydrogen) atoms. The van der Waals surface area contributed by atoms with Gasteiger partial charge in [0.15, 0.2) is 16.5 Å². The van der Waals surface area contributed by atoms with Crippen molar-refractivity contribution < 1.29 is 27.8 Å². The number of methoxy groups -OCH3 is 2. The van der Waals surface area contributed by atoms with Crippen molar-refractivity contribution in [3.05, 3.63) is 68.6 Å². The summed E-state index contributed by atoms with van der Waals surface area (Å²) in [6, 6.07) is 7.89. The number of thiazole rings is 1. The Labute approximate surface area is 177 Å². The third-order valence-corrected chi connectivity index (χ3v) is 5.57. The van der Waals surface area contributed by atoms with Gasteiger partial charge in [-0.05, 0) is 35.9 Å². The zero-order valence-corrected chi connectivity index (χ0v) is 17.0. The zero-order valence-electron chi connectivity index (χ0n) is 16.2. The Morgan fingerprint density at radius 3 is 2.39 bits per heavy atom. The molecular weight excluding hydrogens is 433 g/mol. The van der Waals surface area contributed by atoms with Crippen LogP contribution in [0.3, 0.4) is 0 Å². The smallest absolute Gasteiger partial charge is 0.416 e. The van der Waals surface area contributed by atoms with Crippen molar-refractivity contribution in [1.82, 2.24) is 9.38 Å². The highest BCUT2D eigenvalue weighted by molar-refractivity contribution is 7.15. The number of nitrogens with zero attached hydrogens (tertiary/aromatic N) is 2. The van der Waals surface area contributed by atoms with Gasteiger partial charge in [0, 0.05) is 11.8 Å². The van der Waals surface area contributed by atoms with E-state index in [9.17, 15) is 23.1 Å². The zero-order chi connectivity index (χ0) is 22.3. The minimum Gasteiger partial charge on any atom is -0.502 e. The second kappa shape index (κ2) is 7.62. The van der Waals surface area contributed by atoms with Crippen LogP contribution in [0.5, 0.6) is 17.2 Å². The summed E-state index contributed by atoms with van der Waals surface area (Å²) in [5.41, 5.74) is -0.0477. The van der Waals surface area contributed by atoms with Crippen LogP contribution in [0.15, 0.2) is 47.4 Å². The molecule has 0 atom stereocenters. The standard InChI is InChI=1S/C21H15F3N2O4S/c1-29-15-6-11(7-16(30-2)18(15)27)8-17-19(28)26-10-14(25-20(26)31-17)12-4-3-5-13(9-12)21(22,23)24/h3-10,27H,1-2H3/b17-8-. The summed E-state index contributed by atoms with van der Waals surface area (Å²) in [7, 11) is 2.79. The molecular formula is C21H15F3N2O4S. The molecule has 2 aromatic heterocycles.